The predicted molar refractivity (Wildman–Crippen MR) is 59.4 cm³/mol. The van der Waals surface area contributed by atoms with Crippen LogP contribution >= 0.6 is 0 Å². The van der Waals surface area contributed by atoms with Crippen LogP contribution in [-0.4, -0.2) is 50.3 Å². The van der Waals surface area contributed by atoms with Crippen LogP contribution in [0.3, 0.4) is 0 Å². The molecule has 0 spiro atoms. The zero-order valence-electron chi connectivity index (χ0n) is 9.55. The van der Waals surface area contributed by atoms with E-state index in [-0.39, 0.29) is 11.7 Å². The van der Waals surface area contributed by atoms with Crippen LogP contribution in [0, 0.1) is 0 Å². The average molecular weight is 240 g/mol. The summed E-state index contributed by atoms with van der Waals surface area (Å²) in [6, 6.07) is 3.24. The standard InChI is InChI=1S/C11H16N2O4/c14-11(10-2-1-6-16-10)12-17-9-5-13-3-7-15-8-4-13/h1-2,6H,3-5,7-9H2,(H,12,14). The molecule has 1 aromatic heterocycles. The Morgan fingerprint density at radius 1 is 1.47 bits per heavy atom. The molecule has 0 aliphatic carbocycles. The SMILES string of the molecule is O=C(NOCCN1CCOCC1)c1ccco1. The average Bonchev–Trinajstić information content (AvgIpc) is 2.89. The van der Waals surface area contributed by atoms with Gasteiger partial charge in [0.1, 0.15) is 0 Å². The maximum absolute atomic E-state index is 11.4. The first-order valence-corrected chi connectivity index (χ1v) is 5.62. The van der Waals surface area contributed by atoms with Crippen LogP contribution in [0.25, 0.3) is 0 Å². The van der Waals surface area contributed by atoms with Gasteiger partial charge in [-0.3, -0.25) is 14.5 Å². The number of hydrogen-bond donors (Lipinski definition) is 1. The predicted octanol–water partition coefficient (Wildman–Crippen LogP) is 0.273. The lowest BCUT2D eigenvalue weighted by Crippen LogP contribution is -2.39. The number of nitrogens with one attached hydrogen (secondary N) is 1. The highest BCUT2D eigenvalue weighted by molar-refractivity contribution is 5.90. The van der Waals surface area contributed by atoms with Gasteiger partial charge in [0.15, 0.2) is 5.76 Å². The van der Waals surface area contributed by atoms with E-state index >= 15 is 0 Å². The van der Waals surface area contributed by atoms with Gasteiger partial charge in [0.25, 0.3) is 0 Å². The van der Waals surface area contributed by atoms with Gasteiger partial charge < -0.3 is 9.15 Å². The molecule has 17 heavy (non-hydrogen) atoms. The molecule has 0 atom stereocenters. The van der Waals surface area contributed by atoms with Crippen LogP contribution in [0.15, 0.2) is 22.8 Å². The summed E-state index contributed by atoms with van der Waals surface area (Å²) in [6.45, 7) is 4.58. The molecule has 2 heterocycles. The topological polar surface area (TPSA) is 63.9 Å². The molecule has 2 rings (SSSR count). The number of ether oxygens (including phenoxy) is 1. The summed E-state index contributed by atoms with van der Waals surface area (Å²) < 4.78 is 10.2. The van der Waals surface area contributed by atoms with E-state index in [4.69, 9.17) is 14.0 Å². The molecule has 1 fully saturated rings. The Labute approximate surface area is 99.4 Å². The first-order valence-electron chi connectivity index (χ1n) is 5.62. The van der Waals surface area contributed by atoms with Gasteiger partial charge >= 0.3 is 5.91 Å². The molecule has 1 amide bonds. The van der Waals surface area contributed by atoms with Crippen LogP contribution in [0.2, 0.25) is 0 Å². The summed E-state index contributed by atoms with van der Waals surface area (Å²) in [7, 11) is 0. The molecule has 1 aliphatic rings. The third kappa shape index (κ3) is 3.85. The number of amides is 1. The van der Waals surface area contributed by atoms with Gasteiger partial charge in [0.05, 0.1) is 26.1 Å². The zero-order valence-corrected chi connectivity index (χ0v) is 9.55. The number of hydrogen-bond acceptors (Lipinski definition) is 5. The van der Waals surface area contributed by atoms with Crippen molar-refractivity contribution in [3.63, 3.8) is 0 Å². The highest BCUT2D eigenvalue weighted by Gasteiger charge is 2.11. The molecule has 0 bridgehead atoms. The molecule has 0 unspecified atom stereocenters. The summed E-state index contributed by atoms with van der Waals surface area (Å²) in [5, 5.41) is 0. The Hall–Kier alpha value is -1.37. The van der Waals surface area contributed by atoms with Gasteiger partial charge in [0, 0.05) is 19.6 Å². The van der Waals surface area contributed by atoms with E-state index in [1.54, 1.807) is 12.1 Å². The largest absolute Gasteiger partial charge is 0.459 e. The van der Waals surface area contributed by atoms with Gasteiger partial charge in [-0.2, -0.15) is 0 Å². The summed E-state index contributed by atoms with van der Waals surface area (Å²) >= 11 is 0. The Kier molecular flexibility index (Phi) is 4.54. The lowest BCUT2D eigenvalue weighted by Gasteiger charge is -2.26. The Morgan fingerprint density at radius 2 is 2.29 bits per heavy atom. The molecular weight excluding hydrogens is 224 g/mol. The molecule has 6 heteroatoms. The maximum atomic E-state index is 11.4. The van der Waals surface area contributed by atoms with Crippen molar-refractivity contribution in [1.29, 1.82) is 0 Å². The van der Waals surface area contributed by atoms with Gasteiger partial charge in [-0.15, -0.1) is 0 Å². The zero-order chi connectivity index (χ0) is 11.9. The van der Waals surface area contributed by atoms with Crippen LogP contribution < -0.4 is 5.48 Å². The van der Waals surface area contributed by atoms with E-state index in [2.05, 4.69) is 10.4 Å². The molecule has 1 aliphatic heterocycles. The fraction of sp³-hybridized carbons (Fsp3) is 0.545. The number of hydroxylamine groups is 1. The highest BCUT2D eigenvalue weighted by atomic mass is 16.7. The lowest BCUT2D eigenvalue weighted by molar-refractivity contribution is -0.00264. The minimum absolute atomic E-state index is 0.247. The minimum atomic E-state index is -0.364. The van der Waals surface area contributed by atoms with Gasteiger partial charge in [-0.05, 0) is 12.1 Å². The van der Waals surface area contributed by atoms with E-state index in [1.165, 1.54) is 6.26 Å². The Bertz CT molecular complexity index is 333. The Balaban J connectivity index is 1.58. The molecule has 6 nitrogen and oxygen atoms in total. The number of nitrogens with zero attached hydrogens (tertiary/aromatic N) is 1. The van der Waals surface area contributed by atoms with Gasteiger partial charge in [0.2, 0.25) is 0 Å². The smallest absolute Gasteiger partial charge is 0.310 e. The van der Waals surface area contributed by atoms with Crippen LogP contribution in [0.5, 0.6) is 0 Å². The summed E-state index contributed by atoms with van der Waals surface area (Å²) in [4.78, 5) is 18.7. The van der Waals surface area contributed by atoms with Gasteiger partial charge in [-0.1, -0.05) is 0 Å². The van der Waals surface area contributed by atoms with E-state index in [0.717, 1.165) is 32.8 Å². The van der Waals surface area contributed by atoms with Crippen molar-refractivity contribution in [3.8, 4) is 0 Å². The number of rotatable bonds is 5. The molecule has 94 valence electrons. The number of morpholine rings is 1. The number of carbonyl (C=O) groups is 1. The number of furan rings is 1. The van der Waals surface area contributed by atoms with Crippen molar-refractivity contribution in [2.45, 2.75) is 0 Å². The second kappa shape index (κ2) is 6.39. The number of carbonyl (C=O) groups excluding carboxylic acids is 1. The molecule has 0 radical (unpaired) electrons. The van der Waals surface area contributed by atoms with Crippen molar-refractivity contribution in [3.05, 3.63) is 24.2 Å². The molecular formula is C11H16N2O4. The van der Waals surface area contributed by atoms with Crippen LogP contribution in [-0.2, 0) is 9.57 Å². The second-order valence-electron chi connectivity index (χ2n) is 3.71. The first-order chi connectivity index (χ1) is 8.36. The molecule has 1 aromatic rings. The fourth-order valence-electron chi connectivity index (χ4n) is 1.57. The first kappa shape index (κ1) is 12.1. The molecule has 1 saturated heterocycles. The van der Waals surface area contributed by atoms with Crippen molar-refractivity contribution in [1.82, 2.24) is 10.4 Å². The monoisotopic (exact) mass is 240 g/mol. The summed E-state index contributed by atoms with van der Waals surface area (Å²) in [5.41, 5.74) is 2.33. The molecule has 0 saturated carbocycles. The molecule has 0 aromatic carbocycles. The highest BCUT2D eigenvalue weighted by Crippen LogP contribution is 1.99. The van der Waals surface area contributed by atoms with E-state index in [9.17, 15) is 4.79 Å². The summed E-state index contributed by atoms with van der Waals surface area (Å²) in [5.74, 6) is -0.117. The van der Waals surface area contributed by atoms with Crippen molar-refractivity contribution >= 4 is 5.91 Å². The minimum Gasteiger partial charge on any atom is -0.459 e. The Morgan fingerprint density at radius 3 is 3.00 bits per heavy atom. The van der Waals surface area contributed by atoms with Crippen molar-refractivity contribution < 1.29 is 18.8 Å². The lowest BCUT2D eigenvalue weighted by atomic mass is 10.4. The maximum Gasteiger partial charge on any atom is 0.310 e. The second-order valence-corrected chi connectivity index (χ2v) is 3.71. The van der Waals surface area contributed by atoms with E-state index in [0.29, 0.717) is 6.61 Å². The quantitative estimate of drug-likeness (QED) is 0.591. The fourth-order valence-corrected chi connectivity index (χ4v) is 1.57. The van der Waals surface area contributed by atoms with E-state index < -0.39 is 0 Å². The molecule has 1 N–H and O–H groups in total. The van der Waals surface area contributed by atoms with Crippen molar-refractivity contribution in [2.75, 3.05) is 39.5 Å². The van der Waals surface area contributed by atoms with Gasteiger partial charge in [-0.25, -0.2) is 5.48 Å². The van der Waals surface area contributed by atoms with Crippen LogP contribution in [0.4, 0.5) is 0 Å². The third-order valence-corrected chi connectivity index (χ3v) is 2.52. The summed E-state index contributed by atoms with van der Waals surface area (Å²) in [6.07, 6.45) is 1.45. The normalized spacial score (nSPS) is 16.9. The third-order valence-electron chi connectivity index (χ3n) is 2.52. The van der Waals surface area contributed by atoms with Crippen LogP contribution in [0.1, 0.15) is 10.6 Å². The van der Waals surface area contributed by atoms with Crippen molar-refractivity contribution in [2.24, 2.45) is 0 Å². The van der Waals surface area contributed by atoms with E-state index in [1.807, 2.05) is 0 Å².